The summed E-state index contributed by atoms with van der Waals surface area (Å²) in [7, 11) is -4.08. The number of rotatable bonds is 3. The Balaban J connectivity index is 2.50. The van der Waals surface area contributed by atoms with Crippen LogP contribution in [0, 0.1) is 31.0 Å². The van der Waals surface area contributed by atoms with Gasteiger partial charge in [-0.25, -0.2) is 12.8 Å². The lowest BCUT2D eigenvalue weighted by Gasteiger charge is -2.08. The van der Waals surface area contributed by atoms with Gasteiger partial charge in [0.1, 0.15) is 22.3 Å². The molecule has 2 aromatic rings. The summed E-state index contributed by atoms with van der Waals surface area (Å²) in [6.07, 6.45) is 0. The molecule has 0 atom stereocenters. The van der Waals surface area contributed by atoms with Crippen molar-refractivity contribution in [2.45, 2.75) is 18.7 Å². The van der Waals surface area contributed by atoms with Gasteiger partial charge in [0.15, 0.2) is 5.82 Å². The number of nitrogens with zero attached hydrogens (tertiary/aromatic N) is 2. The SMILES string of the molecule is Cc1[nH]nc(NS(=O)(=O)c2cccc(F)c2C#N)c1C. The minimum Gasteiger partial charge on any atom is -0.280 e. The van der Waals surface area contributed by atoms with E-state index in [1.807, 2.05) is 0 Å². The molecule has 20 heavy (non-hydrogen) atoms. The van der Waals surface area contributed by atoms with Crippen LogP contribution in [0.4, 0.5) is 10.2 Å². The van der Waals surface area contributed by atoms with Crippen LogP contribution in [0.2, 0.25) is 0 Å². The van der Waals surface area contributed by atoms with Gasteiger partial charge in [-0.3, -0.25) is 9.82 Å². The van der Waals surface area contributed by atoms with Crippen LogP contribution in [-0.4, -0.2) is 18.6 Å². The molecular formula is C12H11FN4O2S. The molecule has 0 fully saturated rings. The molecule has 0 radical (unpaired) electrons. The van der Waals surface area contributed by atoms with Crippen molar-refractivity contribution < 1.29 is 12.8 Å². The molecule has 0 bridgehead atoms. The second-order valence-corrected chi connectivity index (χ2v) is 5.80. The fraction of sp³-hybridized carbons (Fsp3) is 0.167. The molecule has 0 amide bonds. The molecule has 2 rings (SSSR count). The Morgan fingerprint density at radius 2 is 2.10 bits per heavy atom. The Morgan fingerprint density at radius 3 is 2.65 bits per heavy atom. The van der Waals surface area contributed by atoms with Crippen LogP contribution in [0.1, 0.15) is 16.8 Å². The Morgan fingerprint density at radius 1 is 1.40 bits per heavy atom. The predicted octanol–water partition coefficient (Wildman–Crippen LogP) is 1.84. The van der Waals surface area contributed by atoms with Crippen LogP contribution < -0.4 is 4.72 Å². The third kappa shape index (κ3) is 2.35. The Labute approximate surface area is 115 Å². The number of aryl methyl sites for hydroxylation is 1. The summed E-state index contributed by atoms with van der Waals surface area (Å²) in [6, 6.07) is 4.98. The molecule has 0 aliphatic carbocycles. The first-order valence-electron chi connectivity index (χ1n) is 5.60. The summed E-state index contributed by atoms with van der Waals surface area (Å²) in [5.41, 5.74) is 0.816. The van der Waals surface area contributed by atoms with Gasteiger partial charge in [-0.15, -0.1) is 0 Å². The normalized spacial score (nSPS) is 11.1. The van der Waals surface area contributed by atoms with E-state index in [4.69, 9.17) is 5.26 Å². The number of nitriles is 1. The Bertz CT molecular complexity index is 805. The summed E-state index contributed by atoms with van der Waals surface area (Å²) in [5, 5.41) is 15.3. The van der Waals surface area contributed by atoms with Gasteiger partial charge in [0.25, 0.3) is 10.0 Å². The van der Waals surface area contributed by atoms with Crippen molar-refractivity contribution in [3.05, 3.63) is 40.8 Å². The van der Waals surface area contributed by atoms with Crippen LogP contribution >= 0.6 is 0 Å². The van der Waals surface area contributed by atoms with E-state index >= 15 is 0 Å². The second-order valence-electron chi connectivity index (χ2n) is 4.15. The van der Waals surface area contributed by atoms with Gasteiger partial charge in [0.2, 0.25) is 0 Å². The van der Waals surface area contributed by atoms with Gasteiger partial charge in [-0.2, -0.15) is 10.4 Å². The molecule has 2 N–H and O–H groups in total. The highest BCUT2D eigenvalue weighted by Crippen LogP contribution is 2.22. The number of hydrogen-bond donors (Lipinski definition) is 2. The number of aromatic nitrogens is 2. The van der Waals surface area contributed by atoms with Gasteiger partial charge in [0, 0.05) is 11.3 Å². The van der Waals surface area contributed by atoms with Gasteiger partial charge in [-0.1, -0.05) is 6.07 Å². The minimum absolute atomic E-state index is 0.121. The number of benzene rings is 1. The summed E-state index contributed by atoms with van der Waals surface area (Å²) in [6.45, 7) is 3.43. The van der Waals surface area contributed by atoms with Crippen molar-refractivity contribution in [3.8, 4) is 6.07 Å². The van der Waals surface area contributed by atoms with Crippen LogP contribution in [0.15, 0.2) is 23.1 Å². The maximum Gasteiger partial charge on any atom is 0.264 e. The number of anilines is 1. The first kappa shape index (κ1) is 14.0. The molecule has 6 nitrogen and oxygen atoms in total. The third-order valence-corrected chi connectivity index (χ3v) is 4.24. The van der Waals surface area contributed by atoms with E-state index in [0.29, 0.717) is 11.3 Å². The highest BCUT2D eigenvalue weighted by atomic mass is 32.2. The average molecular weight is 294 g/mol. The number of hydrogen-bond acceptors (Lipinski definition) is 4. The summed E-state index contributed by atoms with van der Waals surface area (Å²) >= 11 is 0. The molecule has 8 heteroatoms. The molecule has 0 aliphatic rings. The lowest BCUT2D eigenvalue weighted by molar-refractivity contribution is 0.593. The number of H-pyrrole nitrogens is 1. The van der Waals surface area contributed by atoms with Gasteiger partial charge in [0.05, 0.1) is 0 Å². The molecular weight excluding hydrogens is 283 g/mol. The number of sulfonamides is 1. The van der Waals surface area contributed by atoms with Crippen molar-refractivity contribution in [3.63, 3.8) is 0 Å². The minimum atomic E-state index is -4.08. The zero-order valence-corrected chi connectivity index (χ0v) is 11.5. The lowest BCUT2D eigenvalue weighted by atomic mass is 10.2. The molecule has 0 spiro atoms. The largest absolute Gasteiger partial charge is 0.280 e. The Hall–Kier alpha value is -2.40. The molecule has 1 aromatic carbocycles. The highest BCUT2D eigenvalue weighted by Gasteiger charge is 2.23. The van der Waals surface area contributed by atoms with E-state index in [1.165, 1.54) is 12.1 Å². The first-order chi connectivity index (χ1) is 9.36. The number of halogens is 1. The number of nitrogens with one attached hydrogen (secondary N) is 2. The molecule has 1 aromatic heterocycles. The molecule has 104 valence electrons. The lowest BCUT2D eigenvalue weighted by Crippen LogP contribution is -2.16. The standard InChI is InChI=1S/C12H11FN4O2S/c1-7-8(2)15-16-12(7)17-20(18,19)11-5-3-4-10(13)9(11)6-14/h3-5H,1-2H3,(H2,15,16,17). The molecule has 0 saturated heterocycles. The van der Waals surface area contributed by atoms with Crippen LogP contribution in [0.3, 0.4) is 0 Å². The molecule has 0 saturated carbocycles. The van der Waals surface area contributed by atoms with Crippen LogP contribution in [0.5, 0.6) is 0 Å². The van der Waals surface area contributed by atoms with Crippen molar-refractivity contribution in [1.29, 1.82) is 5.26 Å². The van der Waals surface area contributed by atoms with Gasteiger partial charge in [-0.05, 0) is 26.0 Å². The number of aromatic amines is 1. The highest BCUT2D eigenvalue weighted by molar-refractivity contribution is 7.92. The van der Waals surface area contributed by atoms with Crippen molar-refractivity contribution in [1.82, 2.24) is 10.2 Å². The quantitative estimate of drug-likeness (QED) is 0.902. The predicted molar refractivity (Wildman–Crippen MR) is 70.0 cm³/mol. The van der Waals surface area contributed by atoms with Crippen molar-refractivity contribution in [2.24, 2.45) is 0 Å². The maximum absolute atomic E-state index is 13.5. The summed E-state index contributed by atoms with van der Waals surface area (Å²) in [5.74, 6) is -0.763. The maximum atomic E-state index is 13.5. The molecule has 1 heterocycles. The summed E-state index contributed by atoms with van der Waals surface area (Å²) in [4.78, 5) is -0.417. The van der Waals surface area contributed by atoms with Gasteiger partial charge >= 0.3 is 0 Å². The van der Waals surface area contributed by atoms with Crippen LogP contribution in [0.25, 0.3) is 0 Å². The van der Waals surface area contributed by atoms with E-state index in [0.717, 1.165) is 6.07 Å². The van der Waals surface area contributed by atoms with E-state index in [9.17, 15) is 12.8 Å². The Kier molecular flexibility index (Phi) is 3.46. The van der Waals surface area contributed by atoms with Crippen molar-refractivity contribution in [2.75, 3.05) is 4.72 Å². The zero-order chi connectivity index (χ0) is 14.9. The topological polar surface area (TPSA) is 98.6 Å². The summed E-state index contributed by atoms with van der Waals surface area (Å²) < 4.78 is 40.1. The fourth-order valence-corrected chi connectivity index (χ4v) is 2.84. The zero-order valence-electron chi connectivity index (χ0n) is 10.7. The first-order valence-corrected chi connectivity index (χ1v) is 7.08. The van der Waals surface area contributed by atoms with E-state index in [2.05, 4.69) is 14.9 Å². The smallest absolute Gasteiger partial charge is 0.264 e. The monoisotopic (exact) mass is 294 g/mol. The van der Waals surface area contributed by atoms with E-state index in [-0.39, 0.29) is 5.82 Å². The fourth-order valence-electron chi connectivity index (χ4n) is 1.60. The average Bonchev–Trinajstić information content (AvgIpc) is 2.70. The third-order valence-electron chi connectivity index (χ3n) is 2.86. The molecule has 0 unspecified atom stereocenters. The van der Waals surface area contributed by atoms with Gasteiger partial charge < -0.3 is 0 Å². The van der Waals surface area contributed by atoms with E-state index in [1.54, 1.807) is 19.9 Å². The van der Waals surface area contributed by atoms with E-state index < -0.39 is 26.3 Å². The van der Waals surface area contributed by atoms with Crippen LogP contribution in [-0.2, 0) is 10.0 Å². The second kappa shape index (κ2) is 4.94. The van der Waals surface area contributed by atoms with Crippen molar-refractivity contribution >= 4 is 15.8 Å². The molecule has 0 aliphatic heterocycles.